The Morgan fingerprint density at radius 3 is 2.41 bits per heavy atom. The molecular weight excluding hydrogens is 350 g/mol. The average Bonchev–Trinajstić information content (AvgIpc) is 2.63. The van der Waals surface area contributed by atoms with Crippen LogP contribution in [0.5, 0.6) is 0 Å². The van der Waals surface area contributed by atoms with E-state index < -0.39 is 11.6 Å². The molecule has 1 aromatic carbocycles. The number of urea groups is 1. The van der Waals surface area contributed by atoms with Gasteiger partial charge in [-0.1, -0.05) is 13.0 Å². The van der Waals surface area contributed by atoms with E-state index in [0.717, 1.165) is 51.6 Å². The third kappa shape index (κ3) is 5.39. The lowest BCUT2D eigenvalue weighted by Gasteiger charge is -2.44. The predicted molar refractivity (Wildman–Crippen MR) is 101 cm³/mol. The molecule has 7 heteroatoms. The fourth-order valence-corrected chi connectivity index (χ4v) is 3.90. The van der Waals surface area contributed by atoms with Crippen molar-refractivity contribution in [2.75, 3.05) is 52.9 Å². The van der Waals surface area contributed by atoms with Gasteiger partial charge in [0.05, 0.1) is 0 Å². The normalized spacial score (nSPS) is 21.3. The fraction of sp³-hybridized carbons (Fsp3) is 0.650. The van der Waals surface area contributed by atoms with Crippen molar-refractivity contribution >= 4 is 6.03 Å². The number of likely N-dealkylation sites (N-methyl/N-ethyl adjacent to an activating group) is 1. The van der Waals surface area contributed by atoms with E-state index in [1.54, 1.807) is 4.90 Å². The minimum atomic E-state index is -0.631. The number of halogens is 2. The lowest BCUT2D eigenvalue weighted by atomic mass is 9.80. The Morgan fingerprint density at radius 1 is 1.11 bits per heavy atom. The van der Waals surface area contributed by atoms with Gasteiger partial charge in [-0.05, 0) is 31.4 Å². The molecule has 27 heavy (non-hydrogen) atoms. The maximum atomic E-state index is 13.7. The molecule has 0 saturated carbocycles. The molecule has 2 saturated heterocycles. The molecule has 2 aliphatic rings. The number of amides is 2. The van der Waals surface area contributed by atoms with E-state index in [9.17, 15) is 13.6 Å². The third-order valence-corrected chi connectivity index (χ3v) is 5.90. The van der Waals surface area contributed by atoms with Crippen LogP contribution < -0.4 is 5.32 Å². The monoisotopic (exact) mass is 380 g/mol. The predicted octanol–water partition coefficient (Wildman–Crippen LogP) is 2.52. The first kappa shape index (κ1) is 20.0. The first-order valence-electron chi connectivity index (χ1n) is 9.72. The molecule has 1 N–H and O–H groups in total. The quantitative estimate of drug-likeness (QED) is 0.873. The Morgan fingerprint density at radius 2 is 1.78 bits per heavy atom. The lowest BCUT2D eigenvalue weighted by molar-refractivity contribution is 0.0628. The summed E-state index contributed by atoms with van der Waals surface area (Å²) in [6.07, 6.45) is 1.94. The van der Waals surface area contributed by atoms with Crippen molar-refractivity contribution in [3.63, 3.8) is 0 Å². The number of carbonyl (C=O) groups excluding carboxylic acids is 1. The van der Waals surface area contributed by atoms with Gasteiger partial charge in [-0.3, -0.25) is 0 Å². The number of piperidine rings is 1. The molecule has 0 bridgehead atoms. The molecule has 2 amide bonds. The van der Waals surface area contributed by atoms with Gasteiger partial charge in [0.1, 0.15) is 11.6 Å². The minimum absolute atomic E-state index is 0.0695. The van der Waals surface area contributed by atoms with Crippen LogP contribution in [-0.4, -0.2) is 73.6 Å². The van der Waals surface area contributed by atoms with Gasteiger partial charge >= 0.3 is 6.03 Å². The van der Waals surface area contributed by atoms with E-state index in [0.29, 0.717) is 18.7 Å². The summed E-state index contributed by atoms with van der Waals surface area (Å²) >= 11 is 0. The van der Waals surface area contributed by atoms with Crippen LogP contribution in [0.1, 0.15) is 25.3 Å². The maximum absolute atomic E-state index is 13.7. The molecule has 2 heterocycles. The van der Waals surface area contributed by atoms with Crippen molar-refractivity contribution < 1.29 is 13.6 Å². The fourth-order valence-electron chi connectivity index (χ4n) is 3.90. The molecular formula is C20H30F2N4O. The summed E-state index contributed by atoms with van der Waals surface area (Å²) in [4.78, 5) is 19.1. The molecule has 150 valence electrons. The van der Waals surface area contributed by atoms with Gasteiger partial charge in [-0.25, -0.2) is 13.6 Å². The number of rotatable bonds is 4. The van der Waals surface area contributed by atoms with Crippen LogP contribution in [-0.2, 0) is 6.54 Å². The summed E-state index contributed by atoms with van der Waals surface area (Å²) in [6, 6.07) is 3.23. The smallest absolute Gasteiger partial charge is 0.317 e. The maximum Gasteiger partial charge on any atom is 0.317 e. The molecule has 2 aliphatic heterocycles. The second kappa shape index (κ2) is 8.52. The molecule has 3 rings (SSSR count). The van der Waals surface area contributed by atoms with Crippen LogP contribution in [0.25, 0.3) is 0 Å². The zero-order valence-electron chi connectivity index (χ0n) is 16.3. The van der Waals surface area contributed by atoms with Gasteiger partial charge in [0.25, 0.3) is 0 Å². The van der Waals surface area contributed by atoms with Gasteiger partial charge in [-0.2, -0.15) is 0 Å². The van der Waals surface area contributed by atoms with Gasteiger partial charge < -0.3 is 20.0 Å². The summed E-state index contributed by atoms with van der Waals surface area (Å²) in [5.74, 6) is -1.24. The van der Waals surface area contributed by atoms with E-state index in [4.69, 9.17) is 0 Å². The molecule has 0 atom stereocenters. The molecule has 5 nitrogen and oxygen atoms in total. The zero-order chi connectivity index (χ0) is 19.4. The highest BCUT2D eigenvalue weighted by atomic mass is 19.1. The number of benzene rings is 1. The molecule has 0 aromatic heterocycles. The highest BCUT2D eigenvalue weighted by Crippen LogP contribution is 2.32. The number of nitrogens with one attached hydrogen (secondary N) is 1. The summed E-state index contributed by atoms with van der Waals surface area (Å²) < 4.78 is 26.6. The van der Waals surface area contributed by atoms with E-state index >= 15 is 0 Å². The van der Waals surface area contributed by atoms with Gasteiger partial charge in [0.15, 0.2) is 0 Å². The molecule has 0 unspecified atom stereocenters. The first-order valence-corrected chi connectivity index (χ1v) is 9.72. The van der Waals surface area contributed by atoms with Crippen molar-refractivity contribution in [2.24, 2.45) is 5.41 Å². The summed E-state index contributed by atoms with van der Waals surface area (Å²) in [7, 11) is 2.16. The van der Waals surface area contributed by atoms with Crippen molar-refractivity contribution in [1.82, 2.24) is 20.0 Å². The average molecular weight is 380 g/mol. The second-order valence-electron chi connectivity index (χ2n) is 8.27. The van der Waals surface area contributed by atoms with E-state index in [1.807, 2.05) is 0 Å². The van der Waals surface area contributed by atoms with Gasteiger partial charge in [0, 0.05) is 64.0 Å². The highest BCUT2D eigenvalue weighted by molar-refractivity contribution is 5.74. The number of piperazine rings is 1. The van der Waals surface area contributed by atoms with Crippen LogP contribution >= 0.6 is 0 Å². The van der Waals surface area contributed by atoms with Crippen molar-refractivity contribution in [3.8, 4) is 0 Å². The van der Waals surface area contributed by atoms with Crippen molar-refractivity contribution in [3.05, 3.63) is 35.4 Å². The standard InChI is InChI=1S/C20H30F2N4O/c1-20(15-25-11-9-24(2)10-12-25)5-7-26(8-6-20)19(27)23-14-16-3-4-17(21)13-18(16)22/h3-4,13H,5-12,14-15H2,1-2H3,(H,23,27). The SMILES string of the molecule is CN1CCN(CC2(C)CCN(C(=O)NCc3ccc(F)cc3F)CC2)CC1. The van der Waals surface area contributed by atoms with Crippen molar-refractivity contribution in [2.45, 2.75) is 26.3 Å². The number of nitrogens with zero attached hydrogens (tertiary/aromatic N) is 3. The topological polar surface area (TPSA) is 38.8 Å². The molecule has 1 aromatic rings. The molecule has 0 aliphatic carbocycles. The van der Waals surface area contributed by atoms with Gasteiger partial charge in [-0.15, -0.1) is 0 Å². The number of carbonyl (C=O) groups is 1. The van der Waals surface area contributed by atoms with Crippen LogP contribution in [0.3, 0.4) is 0 Å². The van der Waals surface area contributed by atoms with E-state index in [2.05, 4.69) is 29.1 Å². The lowest BCUT2D eigenvalue weighted by Crippen LogP contribution is -2.52. The van der Waals surface area contributed by atoms with Crippen LogP contribution in [0.2, 0.25) is 0 Å². The highest BCUT2D eigenvalue weighted by Gasteiger charge is 2.34. The summed E-state index contributed by atoms with van der Waals surface area (Å²) in [6.45, 7) is 9.34. The van der Waals surface area contributed by atoms with Crippen LogP contribution in [0.15, 0.2) is 18.2 Å². The zero-order valence-corrected chi connectivity index (χ0v) is 16.3. The van der Waals surface area contributed by atoms with Crippen molar-refractivity contribution in [1.29, 1.82) is 0 Å². The van der Waals surface area contributed by atoms with Crippen LogP contribution in [0, 0.1) is 17.0 Å². The second-order valence-corrected chi connectivity index (χ2v) is 8.27. The number of hydrogen-bond acceptors (Lipinski definition) is 3. The third-order valence-electron chi connectivity index (χ3n) is 5.90. The Hall–Kier alpha value is -1.73. The minimum Gasteiger partial charge on any atom is -0.334 e. The van der Waals surface area contributed by atoms with E-state index in [-0.39, 0.29) is 18.0 Å². The Labute approximate surface area is 160 Å². The Bertz CT molecular complexity index is 653. The molecule has 0 radical (unpaired) electrons. The Balaban J connectivity index is 1.44. The first-order chi connectivity index (χ1) is 12.8. The van der Waals surface area contributed by atoms with E-state index in [1.165, 1.54) is 12.1 Å². The number of likely N-dealkylation sites (tertiary alicyclic amines) is 1. The molecule has 2 fully saturated rings. The number of hydrogen-bond donors (Lipinski definition) is 1. The molecule has 0 spiro atoms. The Kier molecular flexibility index (Phi) is 6.32. The van der Waals surface area contributed by atoms with Gasteiger partial charge in [0.2, 0.25) is 0 Å². The summed E-state index contributed by atoms with van der Waals surface area (Å²) in [5, 5.41) is 2.75. The van der Waals surface area contributed by atoms with Crippen LogP contribution in [0.4, 0.5) is 13.6 Å². The largest absolute Gasteiger partial charge is 0.334 e. The summed E-state index contributed by atoms with van der Waals surface area (Å²) in [5.41, 5.74) is 0.525.